The Kier molecular flexibility index (Phi) is 5.93. The summed E-state index contributed by atoms with van der Waals surface area (Å²) >= 11 is 0. The third-order valence-corrected chi connectivity index (χ3v) is 1.29. The van der Waals surface area contributed by atoms with Gasteiger partial charge < -0.3 is 4.74 Å². The predicted molar refractivity (Wildman–Crippen MR) is 43.4 cm³/mol. The van der Waals surface area contributed by atoms with Gasteiger partial charge in [-0.3, -0.25) is 4.79 Å². The maximum Gasteiger partial charge on any atom is 0.306 e. The predicted octanol–water partition coefficient (Wildman–Crippen LogP) is 0.911. The van der Waals surface area contributed by atoms with Crippen molar-refractivity contribution in [1.29, 1.82) is 0 Å². The lowest BCUT2D eigenvalue weighted by Crippen LogP contribution is -2.11. The van der Waals surface area contributed by atoms with Crippen molar-refractivity contribution < 1.29 is 14.3 Å². The van der Waals surface area contributed by atoms with E-state index in [0.29, 0.717) is 19.6 Å². The zero-order valence-corrected chi connectivity index (χ0v) is 7.37. The minimum atomic E-state index is -0.244. The van der Waals surface area contributed by atoms with E-state index in [9.17, 15) is 9.59 Å². The van der Waals surface area contributed by atoms with Crippen LogP contribution >= 0.6 is 0 Å². The Morgan fingerprint density at radius 2 is 2.33 bits per heavy atom. The number of ether oxygens (including phenoxy) is 1. The highest BCUT2D eigenvalue weighted by atomic mass is 16.5. The van der Waals surface area contributed by atoms with Gasteiger partial charge >= 0.3 is 5.97 Å². The highest BCUT2D eigenvalue weighted by Gasteiger charge is 2.08. The normalized spacial score (nSPS) is 11.5. The van der Waals surface area contributed by atoms with Crippen LogP contribution in [0.1, 0.15) is 20.3 Å². The molecular weight excluding hydrogens is 158 g/mol. The summed E-state index contributed by atoms with van der Waals surface area (Å²) in [6, 6.07) is 0. The smallest absolute Gasteiger partial charge is 0.306 e. The van der Waals surface area contributed by atoms with Crippen LogP contribution in [0.2, 0.25) is 0 Å². The largest absolute Gasteiger partial charge is 0.466 e. The summed E-state index contributed by atoms with van der Waals surface area (Å²) in [5.41, 5.74) is 0. The molecule has 0 aromatic rings. The lowest BCUT2D eigenvalue weighted by Gasteiger charge is -2.05. The second-order valence-electron chi connectivity index (χ2n) is 2.55. The third kappa shape index (κ3) is 5.62. The average molecular weight is 171 g/mol. The number of isocyanates is 1. The first kappa shape index (κ1) is 10.8. The van der Waals surface area contributed by atoms with Gasteiger partial charge in [-0.05, 0) is 12.8 Å². The van der Waals surface area contributed by atoms with Crippen LogP contribution in [0.5, 0.6) is 0 Å². The number of carbonyl (C=O) groups is 1. The van der Waals surface area contributed by atoms with Gasteiger partial charge in [-0.2, -0.15) is 0 Å². The van der Waals surface area contributed by atoms with Gasteiger partial charge in [-0.1, -0.05) is 6.92 Å². The van der Waals surface area contributed by atoms with E-state index in [2.05, 4.69) is 4.99 Å². The fourth-order valence-corrected chi connectivity index (χ4v) is 0.762. The van der Waals surface area contributed by atoms with Crippen molar-refractivity contribution in [3.63, 3.8) is 0 Å². The molecule has 0 heterocycles. The number of hydrogen-bond acceptors (Lipinski definition) is 4. The lowest BCUT2D eigenvalue weighted by atomic mass is 10.1. The molecule has 0 rings (SSSR count). The maximum atomic E-state index is 10.9. The molecule has 1 atom stereocenters. The molecule has 12 heavy (non-hydrogen) atoms. The van der Waals surface area contributed by atoms with Gasteiger partial charge in [0.15, 0.2) is 0 Å². The van der Waals surface area contributed by atoms with E-state index in [1.165, 1.54) is 6.08 Å². The number of hydrogen-bond donors (Lipinski definition) is 0. The molecule has 0 radical (unpaired) electrons. The first-order chi connectivity index (χ1) is 5.70. The summed E-state index contributed by atoms with van der Waals surface area (Å²) in [6.07, 6.45) is 1.73. The SMILES string of the molecule is CCOC(=O)CC(C)CN=C=O. The minimum Gasteiger partial charge on any atom is -0.466 e. The van der Waals surface area contributed by atoms with Gasteiger partial charge in [0, 0.05) is 6.42 Å². The quantitative estimate of drug-likeness (QED) is 0.351. The van der Waals surface area contributed by atoms with Gasteiger partial charge in [-0.25, -0.2) is 9.79 Å². The Labute approximate surface area is 71.6 Å². The molecule has 0 aliphatic carbocycles. The zero-order valence-electron chi connectivity index (χ0n) is 7.37. The molecule has 0 aromatic heterocycles. The number of aliphatic imine (C=N–C) groups is 1. The minimum absolute atomic E-state index is 0.0468. The van der Waals surface area contributed by atoms with E-state index in [-0.39, 0.29) is 11.9 Å². The molecule has 0 amide bonds. The van der Waals surface area contributed by atoms with Gasteiger partial charge in [-0.15, -0.1) is 0 Å². The molecule has 0 aromatic carbocycles. The Hall–Kier alpha value is -1.15. The molecule has 0 saturated heterocycles. The molecule has 4 heteroatoms. The summed E-state index contributed by atoms with van der Waals surface area (Å²) in [5, 5.41) is 0. The molecule has 4 nitrogen and oxygen atoms in total. The molecule has 0 saturated carbocycles. The monoisotopic (exact) mass is 171 g/mol. The molecule has 0 aliphatic heterocycles. The Morgan fingerprint density at radius 3 is 2.83 bits per heavy atom. The van der Waals surface area contributed by atoms with Gasteiger partial charge in [0.25, 0.3) is 0 Å². The van der Waals surface area contributed by atoms with Crippen molar-refractivity contribution >= 4 is 12.0 Å². The molecule has 1 unspecified atom stereocenters. The van der Waals surface area contributed by atoms with Crippen LogP contribution in [-0.4, -0.2) is 25.2 Å². The van der Waals surface area contributed by atoms with Crippen molar-refractivity contribution in [2.24, 2.45) is 10.9 Å². The summed E-state index contributed by atoms with van der Waals surface area (Å²) in [4.78, 5) is 23.9. The third-order valence-electron chi connectivity index (χ3n) is 1.29. The number of nitrogens with zero attached hydrogens (tertiary/aromatic N) is 1. The first-order valence-corrected chi connectivity index (χ1v) is 3.90. The van der Waals surface area contributed by atoms with E-state index in [1.807, 2.05) is 6.92 Å². The van der Waals surface area contributed by atoms with Crippen LogP contribution in [0.3, 0.4) is 0 Å². The Morgan fingerprint density at radius 1 is 1.67 bits per heavy atom. The van der Waals surface area contributed by atoms with E-state index < -0.39 is 0 Å². The van der Waals surface area contributed by atoms with Gasteiger partial charge in [0.2, 0.25) is 6.08 Å². The maximum absolute atomic E-state index is 10.9. The summed E-state index contributed by atoms with van der Waals surface area (Å²) in [5.74, 6) is -0.198. The second kappa shape index (κ2) is 6.55. The van der Waals surface area contributed by atoms with Crippen molar-refractivity contribution in [1.82, 2.24) is 0 Å². The van der Waals surface area contributed by atoms with E-state index in [1.54, 1.807) is 6.92 Å². The zero-order chi connectivity index (χ0) is 9.40. The lowest BCUT2D eigenvalue weighted by molar-refractivity contribution is -0.144. The molecule has 0 fully saturated rings. The van der Waals surface area contributed by atoms with E-state index >= 15 is 0 Å². The van der Waals surface area contributed by atoms with Crippen molar-refractivity contribution in [3.8, 4) is 0 Å². The number of carbonyl (C=O) groups excluding carboxylic acids is 2. The van der Waals surface area contributed by atoms with Crippen molar-refractivity contribution in [2.45, 2.75) is 20.3 Å². The summed E-state index contributed by atoms with van der Waals surface area (Å²) < 4.78 is 4.71. The topological polar surface area (TPSA) is 55.7 Å². The standard InChI is InChI=1S/C8H13NO3/c1-3-12-8(11)4-7(2)5-9-6-10/h7H,3-5H2,1-2H3. The number of esters is 1. The second-order valence-corrected chi connectivity index (χ2v) is 2.55. The van der Waals surface area contributed by atoms with E-state index in [4.69, 9.17) is 4.74 Å². The molecule has 68 valence electrons. The van der Waals surface area contributed by atoms with E-state index in [0.717, 1.165) is 0 Å². The van der Waals surface area contributed by atoms with Crippen LogP contribution in [-0.2, 0) is 14.3 Å². The van der Waals surface area contributed by atoms with Crippen LogP contribution in [0.4, 0.5) is 0 Å². The average Bonchev–Trinajstić information content (AvgIpc) is 2.01. The molecular formula is C8H13NO3. The highest BCUT2D eigenvalue weighted by molar-refractivity contribution is 5.69. The van der Waals surface area contributed by atoms with Crippen LogP contribution in [0.15, 0.2) is 4.99 Å². The van der Waals surface area contributed by atoms with Crippen LogP contribution in [0.25, 0.3) is 0 Å². The summed E-state index contributed by atoms with van der Waals surface area (Å²) in [6.45, 7) is 4.31. The van der Waals surface area contributed by atoms with Crippen molar-refractivity contribution in [2.75, 3.05) is 13.2 Å². The molecule has 0 bridgehead atoms. The highest BCUT2D eigenvalue weighted by Crippen LogP contribution is 2.03. The number of rotatable bonds is 5. The van der Waals surface area contributed by atoms with Gasteiger partial charge in [0.05, 0.1) is 13.2 Å². The fourth-order valence-electron chi connectivity index (χ4n) is 0.762. The molecule has 0 spiro atoms. The first-order valence-electron chi connectivity index (χ1n) is 3.90. The molecule has 0 aliphatic rings. The van der Waals surface area contributed by atoms with Gasteiger partial charge in [0.1, 0.15) is 0 Å². The fraction of sp³-hybridized carbons (Fsp3) is 0.750. The van der Waals surface area contributed by atoms with Crippen LogP contribution < -0.4 is 0 Å². The Balaban J connectivity index is 3.60. The van der Waals surface area contributed by atoms with Crippen molar-refractivity contribution in [3.05, 3.63) is 0 Å². The Bertz CT molecular complexity index is 185. The van der Waals surface area contributed by atoms with Crippen LogP contribution in [0, 0.1) is 5.92 Å². The summed E-state index contributed by atoms with van der Waals surface area (Å²) in [7, 11) is 0. The molecule has 0 N–H and O–H groups in total.